The Bertz CT molecular complexity index is 699. The van der Waals surface area contributed by atoms with Crippen molar-refractivity contribution >= 4 is 27.5 Å². The fraction of sp³-hybridized carbons (Fsp3) is 0.350. The molecule has 0 bridgehead atoms. The molecule has 0 heterocycles. The summed E-state index contributed by atoms with van der Waals surface area (Å²) in [7, 11) is 0. The van der Waals surface area contributed by atoms with Crippen LogP contribution in [0.4, 0.5) is 5.69 Å². The van der Waals surface area contributed by atoms with Gasteiger partial charge in [-0.3, -0.25) is 4.79 Å². The van der Waals surface area contributed by atoms with Crippen molar-refractivity contribution in [2.45, 2.75) is 27.2 Å². The van der Waals surface area contributed by atoms with E-state index in [2.05, 4.69) is 42.0 Å². The molecule has 4 nitrogen and oxygen atoms in total. The second-order valence-corrected chi connectivity index (χ2v) is 7.03. The molecule has 0 aliphatic rings. The number of benzene rings is 2. The molecule has 0 saturated heterocycles. The maximum atomic E-state index is 12.4. The number of hydrogen-bond acceptors (Lipinski definition) is 3. The zero-order chi connectivity index (χ0) is 18.2. The fourth-order valence-electron chi connectivity index (χ4n) is 2.07. The molecular formula is C20H24BrNO3. The second kappa shape index (κ2) is 9.47. The molecule has 2 rings (SSSR count). The minimum Gasteiger partial charge on any atom is -0.493 e. The second-order valence-electron chi connectivity index (χ2n) is 6.18. The molecular weight excluding hydrogens is 382 g/mol. The highest BCUT2D eigenvalue weighted by molar-refractivity contribution is 9.10. The highest BCUT2D eigenvalue weighted by atomic mass is 79.9. The topological polar surface area (TPSA) is 47.6 Å². The van der Waals surface area contributed by atoms with Crippen LogP contribution in [0.5, 0.6) is 11.5 Å². The number of carbonyl (C=O) groups is 1. The SMILES string of the molecule is CCCOc1ccc(C(=O)Nc2ccc(OCC(C)C)cc2)cc1Br. The zero-order valence-corrected chi connectivity index (χ0v) is 16.4. The molecule has 2 aromatic rings. The van der Waals surface area contributed by atoms with E-state index in [1.807, 2.05) is 24.3 Å². The molecule has 0 aliphatic heterocycles. The van der Waals surface area contributed by atoms with E-state index in [9.17, 15) is 4.79 Å². The third-order valence-electron chi connectivity index (χ3n) is 3.35. The van der Waals surface area contributed by atoms with Gasteiger partial charge in [-0.15, -0.1) is 0 Å². The van der Waals surface area contributed by atoms with Gasteiger partial charge in [0.25, 0.3) is 5.91 Å². The van der Waals surface area contributed by atoms with Crippen molar-refractivity contribution in [3.05, 3.63) is 52.5 Å². The van der Waals surface area contributed by atoms with Crippen molar-refractivity contribution < 1.29 is 14.3 Å². The lowest BCUT2D eigenvalue weighted by Gasteiger charge is -2.11. The molecule has 0 saturated carbocycles. The maximum absolute atomic E-state index is 12.4. The number of halogens is 1. The summed E-state index contributed by atoms with van der Waals surface area (Å²) in [6.45, 7) is 7.58. The van der Waals surface area contributed by atoms with E-state index in [-0.39, 0.29) is 5.91 Å². The Morgan fingerprint density at radius 3 is 2.44 bits per heavy atom. The zero-order valence-electron chi connectivity index (χ0n) is 14.8. The van der Waals surface area contributed by atoms with Gasteiger partial charge in [0.05, 0.1) is 17.7 Å². The van der Waals surface area contributed by atoms with Gasteiger partial charge >= 0.3 is 0 Å². The van der Waals surface area contributed by atoms with Crippen LogP contribution in [0, 0.1) is 5.92 Å². The molecule has 0 aliphatic carbocycles. The largest absolute Gasteiger partial charge is 0.493 e. The average Bonchev–Trinajstić information content (AvgIpc) is 2.60. The van der Waals surface area contributed by atoms with Gasteiger partial charge in [-0.25, -0.2) is 0 Å². The summed E-state index contributed by atoms with van der Waals surface area (Å²) in [4.78, 5) is 12.4. The number of nitrogens with one attached hydrogen (secondary N) is 1. The summed E-state index contributed by atoms with van der Waals surface area (Å²) in [5.74, 6) is 1.85. The normalized spacial score (nSPS) is 10.6. The minimum atomic E-state index is -0.168. The first-order valence-electron chi connectivity index (χ1n) is 8.46. The number of amides is 1. The number of rotatable bonds is 8. The van der Waals surface area contributed by atoms with Crippen molar-refractivity contribution in [2.24, 2.45) is 5.92 Å². The predicted molar refractivity (Wildman–Crippen MR) is 105 cm³/mol. The quantitative estimate of drug-likeness (QED) is 0.628. The van der Waals surface area contributed by atoms with Gasteiger partial charge in [0.15, 0.2) is 0 Å². The highest BCUT2D eigenvalue weighted by Crippen LogP contribution is 2.26. The summed E-state index contributed by atoms with van der Waals surface area (Å²) in [6, 6.07) is 12.7. The van der Waals surface area contributed by atoms with Crippen molar-refractivity contribution in [1.29, 1.82) is 0 Å². The molecule has 1 N–H and O–H groups in total. The number of hydrogen-bond donors (Lipinski definition) is 1. The maximum Gasteiger partial charge on any atom is 0.255 e. The third kappa shape index (κ3) is 6.09. The molecule has 0 aromatic heterocycles. The van der Waals surface area contributed by atoms with Crippen LogP contribution in [0.1, 0.15) is 37.6 Å². The molecule has 1 amide bonds. The average molecular weight is 406 g/mol. The Labute approximate surface area is 157 Å². The van der Waals surface area contributed by atoms with Crippen LogP contribution in [0.2, 0.25) is 0 Å². The summed E-state index contributed by atoms with van der Waals surface area (Å²) in [6.07, 6.45) is 0.936. The standard InChI is InChI=1S/C20H24BrNO3/c1-4-11-24-19-10-5-15(12-18(19)21)20(23)22-16-6-8-17(9-7-16)25-13-14(2)3/h5-10,12,14H,4,11,13H2,1-3H3,(H,22,23). The van der Waals surface area contributed by atoms with Crippen LogP contribution in [0.3, 0.4) is 0 Å². The van der Waals surface area contributed by atoms with E-state index in [4.69, 9.17) is 9.47 Å². The van der Waals surface area contributed by atoms with Crippen molar-refractivity contribution in [3.63, 3.8) is 0 Å². The minimum absolute atomic E-state index is 0.168. The molecule has 0 unspecified atom stereocenters. The highest BCUT2D eigenvalue weighted by Gasteiger charge is 2.10. The monoisotopic (exact) mass is 405 g/mol. The van der Waals surface area contributed by atoms with Crippen LogP contribution >= 0.6 is 15.9 Å². The van der Waals surface area contributed by atoms with Crippen LogP contribution < -0.4 is 14.8 Å². The van der Waals surface area contributed by atoms with Crippen LogP contribution in [-0.4, -0.2) is 19.1 Å². The van der Waals surface area contributed by atoms with E-state index in [1.165, 1.54) is 0 Å². The van der Waals surface area contributed by atoms with E-state index in [1.54, 1.807) is 18.2 Å². The van der Waals surface area contributed by atoms with E-state index < -0.39 is 0 Å². The lowest BCUT2D eigenvalue weighted by molar-refractivity contribution is 0.102. The predicted octanol–water partition coefficient (Wildman–Crippen LogP) is 5.53. The molecule has 0 atom stereocenters. The number of carbonyl (C=O) groups excluding carboxylic acids is 1. The van der Waals surface area contributed by atoms with Gasteiger partial charge in [-0.05, 0) is 70.7 Å². The Balaban J connectivity index is 1.98. The fourth-order valence-corrected chi connectivity index (χ4v) is 2.57. The molecule has 0 fully saturated rings. The Morgan fingerprint density at radius 1 is 1.12 bits per heavy atom. The van der Waals surface area contributed by atoms with Crippen LogP contribution in [0.15, 0.2) is 46.9 Å². The van der Waals surface area contributed by atoms with Crippen molar-refractivity contribution in [3.8, 4) is 11.5 Å². The first kappa shape index (κ1) is 19.3. The number of ether oxygens (including phenoxy) is 2. The molecule has 25 heavy (non-hydrogen) atoms. The Morgan fingerprint density at radius 2 is 1.84 bits per heavy atom. The number of anilines is 1. The molecule has 2 aromatic carbocycles. The summed E-state index contributed by atoms with van der Waals surface area (Å²) < 4.78 is 12.0. The van der Waals surface area contributed by atoms with E-state index >= 15 is 0 Å². The Kier molecular flexibility index (Phi) is 7.31. The first-order valence-corrected chi connectivity index (χ1v) is 9.25. The Hall–Kier alpha value is -2.01. The van der Waals surface area contributed by atoms with Crippen molar-refractivity contribution in [2.75, 3.05) is 18.5 Å². The van der Waals surface area contributed by atoms with Gasteiger partial charge < -0.3 is 14.8 Å². The van der Waals surface area contributed by atoms with Gasteiger partial charge in [-0.1, -0.05) is 20.8 Å². The first-order chi connectivity index (χ1) is 12.0. The summed E-state index contributed by atoms with van der Waals surface area (Å²) in [5.41, 5.74) is 1.29. The summed E-state index contributed by atoms with van der Waals surface area (Å²) >= 11 is 3.45. The van der Waals surface area contributed by atoms with Crippen LogP contribution in [0.25, 0.3) is 0 Å². The molecule has 0 radical (unpaired) electrons. The van der Waals surface area contributed by atoms with E-state index in [0.29, 0.717) is 24.7 Å². The third-order valence-corrected chi connectivity index (χ3v) is 3.97. The van der Waals surface area contributed by atoms with Gasteiger partial charge in [0.2, 0.25) is 0 Å². The molecule has 5 heteroatoms. The van der Waals surface area contributed by atoms with Crippen LogP contribution in [-0.2, 0) is 0 Å². The summed E-state index contributed by atoms with van der Waals surface area (Å²) in [5, 5.41) is 2.88. The molecule has 0 spiro atoms. The van der Waals surface area contributed by atoms with Gasteiger partial charge in [-0.2, -0.15) is 0 Å². The van der Waals surface area contributed by atoms with E-state index in [0.717, 1.165) is 28.1 Å². The lowest BCUT2D eigenvalue weighted by Crippen LogP contribution is -2.12. The van der Waals surface area contributed by atoms with Gasteiger partial charge in [0.1, 0.15) is 11.5 Å². The smallest absolute Gasteiger partial charge is 0.255 e. The molecule has 134 valence electrons. The van der Waals surface area contributed by atoms with Gasteiger partial charge in [0, 0.05) is 11.3 Å². The lowest BCUT2D eigenvalue weighted by atomic mass is 10.2. The van der Waals surface area contributed by atoms with Crippen molar-refractivity contribution in [1.82, 2.24) is 0 Å².